The summed E-state index contributed by atoms with van der Waals surface area (Å²) in [5.74, 6) is 2.08. The maximum absolute atomic E-state index is 5.69. The minimum atomic E-state index is -2.34. The normalized spacial score (nSPS) is 23.5. The van der Waals surface area contributed by atoms with Gasteiger partial charge in [0.25, 0.3) is 0 Å². The number of hydrogen-bond donors (Lipinski definition) is 0. The summed E-state index contributed by atoms with van der Waals surface area (Å²) in [7, 11) is -2.34. The van der Waals surface area contributed by atoms with E-state index in [2.05, 4.69) is 15.9 Å². The van der Waals surface area contributed by atoms with Crippen LogP contribution in [0.2, 0.25) is 0 Å². The Morgan fingerprint density at radius 2 is 2.00 bits per heavy atom. The van der Waals surface area contributed by atoms with Gasteiger partial charge in [-0.25, -0.2) is 0 Å². The third-order valence-corrected chi connectivity index (χ3v) is 6.94. The van der Waals surface area contributed by atoms with Gasteiger partial charge in [-0.3, -0.25) is 0 Å². The molecule has 0 aromatic carbocycles. The molecule has 0 atom stereocenters. The number of rotatable bonds is 3. The average molecular weight is 287 g/mol. The quantitative estimate of drug-likeness (QED) is 0.583. The van der Waals surface area contributed by atoms with Gasteiger partial charge in [0.1, 0.15) is 0 Å². The number of alkyl halides is 1. The zero-order chi connectivity index (χ0) is 9.57. The van der Waals surface area contributed by atoms with Crippen LogP contribution in [0.15, 0.2) is 0 Å². The van der Waals surface area contributed by atoms with Crippen molar-refractivity contribution in [2.45, 2.75) is 6.92 Å². The summed E-state index contributed by atoms with van der Waals surface area (Å²) in [6.45, 7) is 4.10. The number of halogens is 1. The largest absolute Gasteiger partial charge is 0.512 e. The van der Waals surface area contributed by atoms with E-state index in [1.807, 2.05) is 18.7 Å². The molecule has 0 aliphatic carbocycles. The van der Waals surface area contributed by atoms with Crippen molar-refractivity contribution < 1.29 is 13.3 Å². The van der Waals surface area contributed by atoms with E-state index < -0.39 is 8.80 Å². The molecule has 0 bridgehead atoms. The van der Waals surface area contributed by atoms with Crippen LogP contribution in [0.25, 0.3) is 0 Å². The zero-order valence-corrected chi connectivity index (χ0v) is 11.2. The lowest BCUT2D eigenvalue weighted by atomic mass is 10.9. The molecular weight excluding hydrogens is 272 g/mol. The number of thioether (sulfide) groups is 1. The lowest BCUT2D eigenvalue weighted by Gasteiger charge is -2.29. The van der Waals surface area contributed by atoms with E-state index in [1.54, 1.807) is 0 Å². The predicted octanol–water partition coefficient (Wildman–Crippen LogP) is 1.68. The minimum absolute atomic E-state index is 0.658. The minimum Gasteiger partial charge on any atom is -0.373 e. The fraction of sp³-hybridized carbons (Fsp3) is 1.00. The predicted molar refractivity (Wildman–Crippen MR) is 60.4 cm³/mol. The SMILES string of the molecule is CCO[Si]1(CBr)OCCSCCO1. The Balaban J connectivity index is 2.47. The molecular formula is C7H15BrO3SSi. The summed E-state index contributed by atoms with van der Waals surface area (Å²) in [4.78, 5) is 0.693. The van der Waals surface area contributed by atoms with Gasteiger partial charge < -0.3 is 13.3 Å². The van der Waals surface area contributed by atoms with E-state index in [9.17, 15) is 0 Å². The van der Waals surface area contributed by atoms with Crippen LogP contribution in [-0.2, 0) is 13.3 Å². The lowest BCUT2D eigenvalue weighted by Crippen LogP contribution is -2.50. The van der Waals surface area contributed by atoms with E-state index in [1.165, 1.54) is 0 Å². The Morgan fingerprint density at radius 3 is 2.46 bits per heavy atom. The average Bonchev–Trinajstić information content (AvgIpc) is 2.10. The van der Waals surface area contributed by atoms with Crippen molar-refractivity contribution in [1.29, 1.82) is 0 Å². The second-order valence-corrected chi connectivity index (χ2v) is 7.97. The summed E-state index contributed by atoms with van der Waals surface area (Å²) in [6.07, 6.45) is 0. The topological polar surface area (TPSA) is 27.7 Å². The van der Waals surface area contributed by atoms with Crippen molar-refractivity contribution >= 4 is 36.5 Å². The fourth-order valence-corrected chi connectivity index (χ4v) is 5.18. The van der Waals surface area contributed by atoms with E-state index in [0.29, 0.717) is 11.6 Å². The molecule has 1 saturated heterocycles. The van der Waals surface area contributed by atoms with Crippen molar-refractivity contribution in [1.82, 2.24) is 0 Å². The first kappa shape index (κ1) is 12.0. The summed E-state index contributed by atoms with van der Waals surface area (Å²) >= 11 is 5.27. The molecule has 0 N–H and O–H groups in total. The molecule has 0 amide bonds. The van der Waals surface area contributed by atoms with Crippen LogP contribution in [0, 0.1) is 0 Å². The summed E-state index contributed by atoms with van der Waals surface area (Å²) in [5.41, 5.74) is 0. The van der Waals surface area contributed by atoms with Gasteiger partial charge in [-0.1, -0.05) is 15.9 Å². The lowest BCUT2D eigenvalue weighted by molar-refractivity contribution is 0.0773. The first-order chi connectivity index (χ1) is 6.33. The molecule has 0 unspecified atom stereocenters. The highest BCUT2D eigenvalue weighted by Crippen LogP contribution is 2.17. The molecule has 78 valence electrons. The van der Waals surface area contributed by atoms with Gasteiger partial charge in [0.05, 0.1) is 4.95 Å². The molecule has 1 heterocycles. The van der Waals surface area contributed by atoms with E-state index >= 15 is 0 Å². The molecule has 13 heavy (non-hydrogen) atoms. The Kier molecular flexibility index (Phi) is 5.92. The Morgan fingerprint density at radius 1 is 1.38 bits per heavy atom. The highest BCUT2D eigenvalue weighted by molar-refractivity contribution is 9.09. The Labute approximate surface area is 93.0 Å². The maximum atomic E-state index is 5.69. The van der Waals surface area contributed by atoms with Crippen molar-refractivity contribution in [3.05, 3.63) is 0 Å². The standard InChI is InChI=1S/C7H15BrO3SSi/c1-2-9-13(7-8)10-3-5-12-6-4-11-13/h2-7H2,1H3. The molecule has 0 aromatic heterocycles. The first-order valence-electron chi connectivity index (χ1n) is 4.38. The molecule has 1 aliphatic heterocycles. The maximum Gasteiger partial charge on any atom is 0.512 e. The van der Waals surface area contributed by atoms with Gasteiger partial charge in [-0.15, -0.1) is 0 Å². The molecule has 6 heteroatoms. The Hall–Kier alpha value is 0.927. The molecule has 1 rings (SSSR count). The molecule has 0 aromatic rings. The first-order valence-corrected chi connectivity index (χ1v) is 8.59. The molecule has 1 fully saturated rings. The monoisotopic (exact) mass is 286 g/mol. The van der Waals surface area contributed by atoms with E-state index in [-0.39, 0.29) is 0 Å². The molecule has 0 saturated carbocycles. The second kappa shape index (κ2) is 6.42. The van der Waals surface area contributed by atoms with Crippen molar-refractivity contribution in [3.63, 3.8) is 0 Å². The van der Waals surface area contributed by atoms with Crippen molar-refractivity contribution in [2.24, 2.45) is 0 Å². The third kappa shape index (κ3) is 3.89. The molecule has 0 spiro atoms. The van der Waals surface area contributed by atoms with Gasteiger partial charge in [-0.2, -0.15) is 11.8 Å². The van der Waals surface area contributed by atoms with Gasteiger partial charge in [0, 0.05) is 31.3 Å². The molecule has 3 nitrogen and oxygen atoms in total. The zero-order valence-electron chi connectivity index (χ0n) is 7.75. The smallest absolute Gasteiger partial charge is 0.373 e. The van der Waals surface area contributed by atoms with Crippen LogP contribution in [0.1, 0.15) is 6.92 Å². The van der Waals surface area contributed by atoms with Crippen LogP contribution in [-0.4, -0.2) is 45.1 Å². The van der Waals surface area contributed by atoms with Crippen LogP contribution < -0.4 is 0 Å². The van der Waals surface area contributed by atoms with Gasteiger partial charge in [-0.05, 0) is 6.92 Å². The Bertz CT molecular complexity index is 142. The van der Waals surface area contributed by atoms with Crippen LogP contribution >= 0.6 is 27.7 Å². The van der Waals surface area contributed by atoms with Crippen molar-refractivity contribution in [2.75, 3.05) is 36.3 Å². The van der Waals surface area contributed by atoms with Crippen LogP contribution in [0.5, 0.6) is 0 Å². The third-order valence-electron chi connectivity index (χ3n) is 1.63. The summed E-state index contributed by atoms with van der Waals surface area (Å²) in [6, 6.07) is 0. The van der Waals surface area contributed by atoms with E-state index in [4.69, 9.17) is 13.3 Å². The highest BCUT2D eigenvalue weighted by Gasteiger charge is 2.40. The fourth-order valence-electron chi connectivity index (χ4n) is 1.07. The van der Waals surface area contributed by atoms with Gasteiger partial charge >= 0.3 is 8.80 Å². The second-order valence-electron chi connectivity index (χ2n) is 2.56. The number of hydrogen-bond acceptors (Lipinski definition) is 4. The highest BCUT2D eigenvalue weighted by atomic mass is 79.9. The van der Waals surface area contributed by atoms with Crippen molar-refractivity contribution in [3.8, 4) is 0 Å². The van der Waals surface area contributed by atoms with Gasteiger partial charge in [0.2, 0.25) is 0 Å². The van der Waals surface area contributed by atoms with Crippen LogP contribution in [0.3, 0.4) is 0 Å². The van der Waals surface area contributed by atoms with Gasteiger partial charge in [0.15, 0.2) is 0 Å². The summed E-state index contributed by atoms with van der Waals surface area (Å²) < 4.78 is 17.0. The molecule has 1 aliphatic rings. The molecule has 0 radical (unpaired) electrons. The summed E-state index contributed by atoms with van der Waals surface area (Å²) in [5, 5.41) is 0. The van der Waals surface area contributed by atoms with E-state index in [0.717, 1.165) is 24.7 Å². The van der Waals surface area contributed by atoms with Crippen LogP contribution in [0.4, 0.5) is 0 Å².